The van der Waals surface area contributed by atoms with Crippen LogP contribution in [0.15, 0.2) is 66.7 Å². The number of nitrogens with zero attached hydrogens (tertiary/aromatic N) is 1. The minimum absolute atomic E-state index is 0.0189. The fourth-order valence-corrected chi connectivity index (χ4v) is 2.74. The maximum absolute atomic E-state index is 6.23. The Bertz CT molecular complexity index is 593. The summed E-state index contributed by atoms with van der Waals surface area (Å²) in [5.41, 5.74) is 2.44. The average molecular weight is 279 g/mol. The number of hydrogen-bond donors (Lipinski definition) is 0. The van der Waals surface area contributed by atoms with E-state index in [0.717, 1.165) is 0 Å². The summed E-state index contributed by atoms with van der Waals surface area (Å²) in [7, 11) is 2.12. The predicted octanol–water partition coefficient (Wildman–Crippen LogP) is 4.12. The van der Waals surface area contributed by atoms with Crippen molar-refractivity contribution in [2.24, 2.45) is 0 Å². The standard InChI is InChI=1S/C19H21NO/c1-15-19(17-11-7-4-8-12-17)21-18(20(15)2)14-13-16-9-5-3-6-10-16/h3-15,18-19H,1-2H3/b14-13+/t15-,18-,19-/m1/s1. The van der Waals surface area contributed by atoms with Crippen molar-refractivity contribution in [3.8, 4) is 0 Å². The molecule has 0 bridgehead atoms. The Morgan fingerprint density at radius 2 is 1.57 bits per heavy atom. The molecule has 1 aliphatic heterocycles. The average Bonchev–Trinajstić information content (AvgIpc) is 2.83. The minimum atomic E-state index is 0.0189. The monoisotopic (exact) mass is 279 g/mol. The molecule has 0 unspecified atom stereocenters. The zero-order chi connectivity index (χ0) is 14.7. The van der Waals surface area contributed by atoms with Crippen LogP contribution in [0.25, 0.3) is 6.08 Å². The molecule has 2 nitrogen and oxygen atoms in total. The Hall–Kier alpha value is -1.90. The molecule has 1 aliphatic rings. The van der Waals surface area contributed by atoms with E-state index in [1.165, 1.54) is 11.1 Å². The van der Waals surface area contributed by atoms with E-state index in [2.05, 4.69) is 67.4 Å². The zero-order valence-electron chi connectivity index (χ0n) is 12.5. The molecule has 0 saturated carbocycles. The summed E-state index contributed by atoms with van der Waals surface area (Å²) in [4.78, 5) is 2.27. The van der Waals surface area contributed by atoms with Crippen LogP contribution in [0.1, 0.15) is 24.2 Å². The molecule has 0 N–H and O–H groups in total. The number of ether oxygens (including phenoxy) is 1. The second-order valence-corrected chi connectivity index (χ2v) is 5.53. The summed E-state index contributed by atoms with van der Waals surface area (Å²) >= 11 is 0. The van der Waals surface area contributed by atoms with Crippen LogP contribution in [-0.4, -0.2) is 24.2 Å². The van der Waals surface area contributed by atoms with E-state index in [1.807, 2.05) is 24.3 Å². The largest absolute Gasteiger partial charge is 0.350 e. The molecule has 1 saturated heterocycles. The van der Waals surface area contributed by atoms with Crippen molar-refractivity contribution in [1.82, 2.24) is 4.90 Å². The molecule has 1 fully saturated rings. The number of likely N-dealkylation sites (N-methyl/N-ethyl adjacent to an activating group) is 1. The molecule has 2 aromatic carbocycles. The summed E-state index contributed by atoms with van der Waals surface area (Å²) in [6.07, 6.45) is 4.41. The normalized spacial score (nSPS) is 26.5. The third-order valence-electron chi connectivity index (χ3n) is 4.15. The molecule has 1 heterocycles. The number of hydrogen-bond acceptors (Lipinski definition) is 2. The lowest BCUT2D eigenvalue weighted by Crippen LogP contribution is -2.30. The molecule has 0 spiro atoms. The maximum Gasteiger partial charge on any atom is 0.131 e. The highest BCUT2D eigenvalue weighted by Gasteiger charge is 2.36. The second-order valence-electron chi connectivity index (χ2n) is 5.53. The first kappa shape index (κ1) is 14.1. The molecule has 108 valence electrons. The summed E-state index contributed by atoms with van der Waals surface area (Å²) in [5, 5.41) is 0. The van der Waals surface area contributed by atoms with Gasteiger partial charge < -0.3 is 4.74 Å². The van der Waals surface area contributed by atoms with Gasteiger partial charge in [0.1, 0.15) is 12.3 Å². The highest BCUT2D eigenvalue weighted by molar-refractivity contribution is 5.49. The van der Waals surface area contributed by atoms with Gasteiger partial charge in [-0.25, -0.2) is 0 Å². The third kappa shape index (κ3) is 3.07. The van der Waals surface area contributed by atoms with E-state index in [1.54, 1.807) is 0 Å². The van der Waals surface area contributed by atoms with Crippen molar-refractivity contribution in [2.75, 3.05) is 7.05 Å². The highest BCUT2D eigenvalue weighted by atomic mass is 16.5. The lowest BCUT2D eigenvalue weighted by molar-refractivity contribution is 0.0412. The molecule has 0 aromatic heterocycles. The molecule has 0 aliphatic carbocycles. The fourth-order valence-electron chi connectivity index (χ4n) is 2.74. The molecule has 3 rings (SSSR count). The Labute approximate surface area is 126 Å². The second kappa shape index (κ2) is 6.25. The first-order chi connectivity index (χ1) is 10.3. The maximum atomic E-state index is 6.23. The Balaban J connectivity index is 1.75. The van der Waals surface area contributed by atoms with E-state index in [-0.39, 0.29) is 12.3 Å². The van der Waals surface area contributed by atoms with Gasteiger partial charge in [0.25, 0.3) is 0 Å². The van der Waals surface area contributed by atoms with Gasteiger partial charge in [0.05, 0.1) is 0 Å². The molecule has 2 aromatic rings. The van der Waals surface area contributed by atoms with Crippen LogP contribution in [0.4, 0.5) is 0 Å². The molecule has 2 heteroatoms. The van der Waals surface area contributed by atoms with Crippen molar-refractivity contribution in [3.63, 3.8) is 0 Å². The summed E-state index contributed by atoms with van der Waals surface area (Å²) in [5.74, 6) is 0. The van der Waals surface area contributed by atoms with Crippen LogP contribution >= 0.6 is 0 Å². The van der Waals surface area contributed by atoms with Gasteiger partial charge in [0, 0.05) is 6.04 Å². The fraction of sp³-hybridized carbons (Fsp3) is 0.263. The Morgan fingerprint density at radius 3 is 2.24 bits per heavy atom. The van der Waals surface area contributed by atoms with Crippen molar-refractivity contribution in [3.05, 3.63) is 77.9 Å². The topological polar surface area (TPSA) is 12.5 Å². The smallest absolute Gasteiger partial charge is 0.131 e. The molecular formula is C19H21NO. The molecule has 21 heavy (non-hydrogen) atoms. The minimum Gasteiger partial charge on any atom is -0.350 e. The van der Waals surface area contributed by atoms with Crippen molar-refractivity contribution < 1.29 is 4.74 Å². The third-order valence-corrected chi connectivity index (χ3v) is 4.15. The van der Waals surface area contributed by atoms with Gasteiger partial charge in [0.15, 0.2) is 0 Å². The van der Waals surface area contributed by atoms with E-state index in [9.17, 15) is 0 Å². The first-order valence-corrected chi connectivity index (χ1v) is 7.41. The Kier molecular flexibility index (Phi) is 4.18. The first-order valence-electron chi connectivity index (χ1n) is 7.41. The van der Waals surface area contributed by atoms with Crippen LogP contribution in [0.3, 0.4) is 0 Å². The van der Waals surface area contributed by atoms with Gasteiger partial charge in [0.2, 0.25) is 0 Å². The van der Waals surface area contributed by atoms with Crippen molar-refractivity contribution in [1.29, 1.82) is 0 Å². The van der Waals surface area contributed by atoms with E-state index < -0.39 is 0 Å². The van der Waals surface area contributed by atoms with Crippen LogP contribution in [-0.2, 0) is 4.74 Å². The predicted molar refractivity (Wildman–Crippen MR) is 86.8 cm³/mol. The number of rotatable bonds is 3. The van der Waals surface area contributed by atoms with Crippen LogP contribution in [0.2, 0.25) is 0 Å². The quantitative estimate of drug-likeness (QED) is 0.838. The Morgan fingerprint density at radius 1 is 0.952 bits per heavy atom. The van der Waals surface area contributed by atoms with Crippen molar-refractivity contribution in [2.45, 2.75) is 25.3 Å². The zero-order valence-corrected chi connectivity index (χ0v) is 12.5. The van der Waals surface area contributed by atoms with Crippen molar-refractivity contribution >= 4 is 6.08 Å². The summed E-state index contributed by atoms with van der Waals surface area (Å²) in [6, 6.07) is 21.1. The highest BCUT2D eigenvalue weighted by Crippen LogP contribution is 2.34. The molecule has 3 atom stereocenters. The van der Waals surface area contributed by atoms with Gasteiger partial charge in [-0.2, -0.15) is 0 Å². The molecule has 0 radical (unpaired) electrons. The van der Waals surface area contributed by atoms with Crippen LogP contribution < -0.4 is 0 Å². The van der Waals surface area contributed by atoms with E-state index in [0.29, 0.717) is 6.04 Å². The van der Waals surface area contributed by atoms with Crippen LogP contribution in [0.5, 0.6) is 0 Å². The lowest BCUT2D eigenvalue weighted by atomic mass is 10.0. The van der Waals surface area contributed by atoms with Crippen LogP contribution in [0, 0.1) is 0 Å². The SMILES string of the molecule is C[C@@H]1[C@H](c2ccccc2)O[C@H](/C=C/c2ccccc2)N1C. The van der Waals surface area contributed by atoms with Gasteiger partial charge in [-0.1, -0.05) is 66.7 Å². The summed E-state index contributed by atoms with van der Waals surface area (Å²) in [6.45, 7) is 2.22. The van der Waals surface area contributed by atoms with Gasteiger partial charge >= 0.3 is 0 Å². The molecular weight excluding hydrogens is 258 g/mol. The van der Waals surface area contributed by atoms with E-state index in [4.69, 9.17) is 4.74 Å². The number of benzene rings is 2. The van der Waals surface area contributed by atoms with Gasteiger partial charge in [-0.15, -0.1) is 0 Å². The lowest BCUT2D eigenvalue weighted by Gasteiger charge is -2.19. The molecule has 0 amide bonds. The summed E-state index contributed by atoms with van der Waals surface area (Å²) < 4.78 is 6.23. The van der Waals surface area contributed by atoms with E-state index >= 15 is 0 Å². The van der Waals surface area contributed by atoms with Gasteiger partial charge in [-0.3, -0.25) is 4.90 Å². The van der Waals surface area contributed by atoms with Gasteiger partial charge in [-0.05, 0) is 31.2 Å².